The van der Waals surface area contributed by atoms with E-state index >= 15 is 0 Å². The van der Waals surface area contributed by atoms with Crippen molar-refractivity contribution in [2.24, 2.45) is 7.05 Å². The molecular weight excluding hydrogens is 266 g/mol. The standard InChI is InChI=1S/C16H23N3S/c1-5-17-15(14-8-6-12(2)7-9-14)11-20-16-10-13(3)18-19(16)4/h6-10,15,17H,5,11H2,1-4H3. The summed E-state index contributed by atoms with van der Waals surface area (Å²) in [4.78, 5) is 0. The average molecular weight is 289 g/mol. The van der Waals surface area contributed by atoms with Gasteiger partial charge in [-0.1, -0.05) is 36.8 Å². The minimum atomic E-state index is 0.376. The number of nitrogens with one attached hydrogen (secondary N) is 1. The molecule has 0 fully saturated rings. The van der Waals surface area contributed by atoms with Gasteiger partial charge in [0.15, 0.2) is 0 Å². The molecule has 3 nitrogen and oxygen atoms in total. The fourth-order valence-electron chi connectivity index (χ4n) is 2.21. The van der Waals surface area contributed by atoms with Crippen LogP contribution in [-0.4, -0.2) is 22.1 Å². The van der Waals surface area contributed by atoms with E-state index in [0.717, 1.165) is 18.0 Å². The number of nitrogens with zero attached hydrogens (tertiary/aromatic N) is 2. The highest BCUT2D eigenvalue weighted by molar-refractivity contribution is 7.99. The summed E-state index contributed by atoms with van der Waals surface area (Å²) in [5.41, 5.74) is 3.73. The molecule has 0 bridgehead atoms. The highest BCUT2D eigenvalue weighted by Crippen LogP contribution is 2.25. The Morgan fingerprint density at radius 2 is 1.95 bits per heavy atom. The summed E-state index contributed by atoms with van der Waals surface area (Å²) in [5.74, 6) is 1.01. The average Bonchev–Trinajstić information content (AvgIpc) is 2.74. The molecule has 1 aromatic heterocycles. The number of benzene rings is 1. The summed E-state index contributed by atoms with van der Waals surface area (Å²) < 4.78 is 1.96. The maximum Gasteiger partial charge on any atom is 0.0939 e. The van der Waals surface area contributed by atoms with Crippen molar-refractivity contribution in [1.29, 1.82) is 0 Å². The molecule has 0 spiro atoms. The molecule has 1 N–H and O–H groups in total. The molecule has 0 aliphatic heterocycles. The zero-order valence-electron chi connectivity index (χ0n) is 12.7. The van der Waals surface area contributed by atoms with Crippen LogP contribution < -0.4 is 5.32 Å². The van der Waals surface area contributed by atoms with Gasteiger partial charge in [0.1, 0.15) is 0 Å². The van der Waals surface area contributed by atoms with Crippen LogP contribution in [0.4, 0.5) is 0 Å². The first-order valence-corrected chi connectivity index (χ1v) is 8.02. The first-order chi connectivity index (χ1) is 9.60. The second-order valence-electron chi connectivity index (χ2n) is 5.08. The van der Waals surface area contributed by atoms with Gasteiger partial charge in [-0.25, -0.2) is 0 Å². The molecule has 0 aliphatic rings. The largest absolute Gasteiger partial charge is 0.309 e. The zero-order valence-corrected chi connectivity index (χ0v) is 13.5. The van der Waals surface area contributed by atoms with Crippen molar-refractivity contribution in [3.05, 3.63) is 47.2 Å². The van der Waals surface area contributed by atoms with Crippen molar-refractivity contribution in [3.8, 4) is 0 Å². The molecule has 0 radical (unpaired) electrons. The maximum absolute atomic E-state index is 4.39. The Bertz CT molecular complexity index is 545. The fraction of sp³-hybridized carbons (Fsp3) is 0.438. The Balaban J connectivity index is 2.06. The van der Waals surface area contributed by atoms with E-state index in [4.69, 9.17) is 0 Å². The van der Waals surface area contributed by atoms with Crippen LogP contribution in [0.3, 0.4) is 0 Å². The lowest BCUT2D eigenvalue weighted by Gasteiger charge is -2.18. The Labute approximate surface area is 125 Å². The van der Waals surface area contributed by atoms with E-state index in [-0.39, 0.29) is 0 Å². The van der Waals surface area contributed by atoms with Gasteiger partial charge in [-0.2, -0.15) is 5.10 Å². The quantitative estimate of drug-likeness (QED) is 0.826. The van der Waals surface area contributed by atoms with E-state index in [1.54, 1.807) is 0 Å². The Morgan fingerprint density at radius 1 is 1.25 bits per heavy atom. The van der Waals surface area contributed by atoms with E-state index in [1.807, 2.05) is 30.4 Å². The molecule has 1 aromatic carbocycles. The van der Waals surface area contributed by atoms with Crippen LogP contribution in [0.25, 0.3) is 0 Å². The van der Waals surface area contributed by atoms with Crippen LogP contribution in [0.1, 0.15) is 29.8 Å². The van der Waals surface area contributed by atoms with Crippen molar-refractivity contribution < 1.29 is 0 Å². The minimum absolute atomic E-state index is 0.376. The van der Waals surface area contributed by atoms with Crippen molar-refractivity contribution >= 4 is 11.8 Å². The first kappa shape index (κ1) is 15.1. The summed E-state index contributed by atoms with van der Waals surface area (Å²) >= 11 is 1.85. The van der Waals surface area contributed by atoms with Crippen molar-refractivity contribution in [3.63, 3.8) is 0 Å². The molecule has 4 heteroatoms. The van der Waals surface area contributed by atoms with Gasteiger partial charge in [-0.3, -0.25) is 4.68 Å². The zero-order chi connectivity index (χ0) is 14.5. The first-order valence-electron chi connectivity index (χ1n) is 7.03. The lowest BCUT2D eigenvalue weighted by molar-refractivity contribution is 0.604. The van der Waals surface area contributed by atoms with Gasteiger partial charge in [0, 0.05) is 18.8 Å². The predicted octanol–water partition coefficient (Wildman–Crippen LogP) is 3.48. The molecule has 2 aromatic rings. The summed E-state index contributed by atoms with van der Waals surface area (Å²) in [6, 6.07) is 11.3. The van der Waals surface area contributed by atoms with Crippen molar-refractivity contribution in [1.82, 2.24) is 15.1 Å². The maximum atomic E-state index is 4.39. The number of rotatable bonds is 6. The van der Waals surface area contributed by atoms with Gasteiger partial charge < -0.3 is 5.32 Å². The molecule has 1 heterocycles. The molecular formula is C16H23N3S. The van der Waals surface area contributed by atoms with E-state index in [1.165, 1.54) is 16.2 Å². The molecule has 0 amide bonds. The topological polar surface area (TPSA) is 29.9 Å². The summed E-state index contributed by atoms with van der Waals surface area (Å²) in [5, 5.41) is 9.18. The van der Waals surface area contributed by atoms with E-state index in [2.05, 4.69) is 54.6 Å². The van der Waals surface area contributed by atoms with Gasteiger partial charge >= 0.3 is 0 Å². The van der Waals surface area contributed by atoms with Crippen LogP contribution in [0.15, 0.2) is 35.4 Å². The molecule has 108 valence electrons. The van der Waals surface area contributed by atoms with Gasteiger partial charge in [-0.05, 0) is 32.0 Å². The van der Waals surface area contributed by atoms with Crippen LogP contribution >= 0.6 is 11.8 Å². The molecule has 20 heavy (non-hydrogen) atoms. The van der Waals surface area contributed by atoms with E-state index in [0.29, 0.717) is 6.04 Å². The Kier molecular flexibility index (Phi) is 5.26. The van der Waals surface area contributed by atoms with Crippen LogP contribution in [0.5, 0.6) is 0 Å². The number of hydrogen-bond acceptors (Lipinski definition) is 3. The normalized spacial score (nSPS) is 12.6. The summed E-state index contributed by atoms with van der Waals surface area (Å²) in [7, 11) is 2.00. The second kappa shape index (κ2) is 6.95. The molecule has 0 saturated carbocycles. The second-order valence-corrected chi connectivity index (χ2v) is 6.12. The van der Waals surface area contributed by atoms with Gasteiger partial charge in [-0.15, -0.1) is 11.8 Å². The van der Waals surface area contributed by atoms with Gasteiger partial charge in [0.25, 0.3) is 0 Å². The molecule has 0 saturated heterocycles. The van der Waals surface area contributed by atoms with Crippen LogP contribution in [-0.2, 0) is 7.05 Å². The van der Waals surface area contributed by atoms with Crippen LogP contribution in [0, 0.1) is 13.8 Å². The predicted molar refractivity (Wildman–Crippen MR) is 86.3 cm³/mol. The van der Waals surface area contributed by atoms with Crippen molar-refractivity contribution in [2.75, 3.05) is 12.3 Å². The molecule has 1 unspecified atom stereocenters. The van der Waals surface area contributed by atoms with E-state index in [9.17, 15) is 0 Å². The smallest absolute Gasteiger partial charge is 0.0939 e. The lowest BCUT2D eigenvalue weighted by Crippen LogP contribution is -2.23. The number of hydrogen-bond donors (Lipinski definition) is 1. The number of aryl methyl sites for hydroxylation is 3. The molecule has 0 aliphatic carbocycles. The third-order valence-corrected chi connectivity index (χ3v) is 4.47. The Hall–Kier alpha value is -1.26. The number of thioether (sulfide) groups is 1. The monoisotopic (exact) mass is 289 g/mol. The summed E-state index contributed by atoms with van der Waals surface area (Å²) in [6.45, 7) is 7.29. The lowest BCUT2D eigenvalue weighted by atomic mass is 10.1. The van der Waals surface area contributed by atoms with E-state index < -0.39 is 0 Å². The summed E-state index contributed by atoms with van der Waals surface area (Å²) in [6.07, 6.45) is 0. The fourth-order valence-corrected chi connectivity index (χ4v) is 3.34. The highest BCUT2D eigenvalue weighted by atomic mass is 32.2. The van der Waals surface area contributed by atoms with Gasteiger partial charge in [0.05, 0.1) is 10.7 Å². The van der Waals surface area contributed by atoms with Crippen LogP contribution in [0.2, 0.25) is 0 Å². The third-order valence-electron chi connectivity index (χ3n) is 3.29. The highest BCUT2D eigenvalue weighted by Gasteiger charge is 2.12. The minimum Gasteiger partial charge on any atom is -0.309 e. The number of aromatic nitrogens is 2. The third kappa shape index (κ3) is 3.87. The SMILES string of the molecule is CCNC(CSc1cc(C)nn1C)c1ccc(C)cc1. The molecule has 1 atom stereocenters. The Morgan fingerprint density at radius 3 is 2.50 bits per heavy atom. The van der Waals surface area contributed by atoms with Gasteiger partial charge in [0.2, 0.25) is 0 Å². The molecule has 2 rings (SSSR count). The van der Waals surface area contributed by atoms with Crippen molar-refractivity contribution in [2.45, 2.75) is 31.8 Å².